The first-order valence-electron chi connectivity index (χ1n) is 12.7. The summed E-state index contributed by atoms with van der Waals surface area (Å²) in [6.07, 6.45) is 8.68. The van der Waals surface area contributed by atoms with E-state index in [1.165, 1.54) is 43.5 Å². The zero-order valence-corrected chi connectivity index (χ0v) is 21.5. The Balaban J connectivity index is 1.06. The van der Waals surface area contributed by atoms with Crippen molar-refractivity contribution in [3.8, 4) is 42.0 Å². The highest BCUT2D eigenvalue weighted by atomic mass is 32.1. The van der Waals surface area contributed by atoms with Crippen molar-refractivity contribution in [3.63, 3.8) is 0 Å². The molecule has 182 valence electrons. The lowest BCUT2D eigenvalue weighted by molar-refractivity contribution is 0.613. The summed E-state index contributed by atoms with van der Waals surface area (Å²) in [5.41, 5.74) is 4.68. The molecule has 0 amide bonds. The summed E-state index contributed by atoms with van der Waals surface area (Å²) < 4.78 is 0. The van der Waals surface area contributed by atoms with Crippen LogP contribution in [0, 0.1) is 0 Å². The second-order valence-electron chi connectivity index (χ2n) is 9.57. The van der Waals surface area contributed by atoms with Gasteiger partial charge in [0, 0.05) is 9.75 Å². The number of aromatic nitrogens is 4. The SMILES string of the molecule is c1cc(-c2ccc(-c3cnc(C4CCCN4)[nH]3)s2)ccc1-c1ccc(-c2cnc(C3CCCN3)[nH]2)s1. The fourth-order valence-corrected chi connectivity index (χ4v) is 7.14. The van der Waals surface area contributed by atoms with Crippen LogP contribution in [0.15, 0.2) is 60.9 Å². The summed E-state index contributed by atoms with van der Waals surface area (Å²) in [6.45, 7) is 2.16. The monoisotopic (exact) mass is 512 g/mol. The third kappa shape index (κ3) is 4.24. The molecule has 0 saturated carbocycles. The fraction of sp³-hybridized carbons (Fsp3) is 0.286. The first-order chi connectivity index (χ1) is 17.8. The average molecular weight is 513 g/mol. The van der Waals surface area contributed by atoms with Gasteiger partial charge < -0.3 is 20.6 Å². The molecule has 2 atom stereocenters. The van der Waals surface area contributed by atoms with Gasteiger partial charge >= 0.3 is 0 Å². The van der Waals surface area contributed by atoms with Gasteiger partial charge in [-0.2, -0.15) is 0 Å². The largest absolute Gasteiger partial charge is 0.340 e. The third-order valence-electron chi connectivity index (χ3n) is 7.17. The Morgan fingerprint density at radius 3 is 1.44 bits per heavy atom. The molecule has 0 bridgehead atoms. The van der Waals surface area contributed by atoms with Gasteiger partial charge in [0.15, 0.2) is 0 Å². The summed E-state index contributed by atoms with van der Waals surface area (Å²) in [5.74, 6) is 2.11. The van der Waals surface area contributed by atoms with Crippen molar-refractivity contribution in [3.05, 3.63) is 72.6 Å². The van der Waals surface area contributed by atoms with Crippen LogP contribution in [0.1, 0.15) is 49.4 Å². The Bertz CT molecular complexity index is 1350. The molecule has 2 saturated heterocycles. The van der Waals surface area contributed by atoms with Crippen LogP contribution in [-0.2, 0) is 0 Å². The number of rotatable bonds is 6. The number of H-pyrrole nitrogens is 2. The number of thiophene rings is 2. The fourth-order valence-electron chi connectivity index (χ4n) is 5.19. The standard InChI is InChI=1S/C28H28N6S2/c1-3-19(29-13-1)27-31-15-21(33-27)25-11-9-23(35-25)17-5-7-18(8-6-17)24-10-12-26(36-24)22-16-32-28(34-22)20-4-2-14-30-20/h5-12,15-16,19-20,29-30H,1-4,13-14H2,(H,31,33)(H,32,34). The molecule has 6 heterocycles. The minimum Gasteiger partial charge on any atom is -0.340 e. The quantitative estimate of drug-likeness (QED) is 0.202. The highest BCUT2D eigenvalue weighted by Crippen LogP contribution is 2.38. The second kappa shape index (κ2) is 9.44. The average Bonchev–Trinajstić information content (AvgIpc) is 3.74. The van der Waals surface area contributed by atoms with E-state index in [-0.39, 0.29) is 0 Å². The van der Waals surface area contributed by atoms with Gasteiger partial charge in [0.05, 0.1) is 45.6 Å². The lowest BCUT2D eigenvalue weighted by Crippen LogP contribution is -2.14. The van der Waals surface area contributed by atoms with Crippen molar-refractivity contribution >= 4 is 22.7 Å². The maximum atomic E-state index is 4.63. The van der Waals surface area contributed by atoms with Crippen LogP contribution in [0.5, 0.6) is 0 Å². The molecule has 4 N–H and O–H groups in total. The number of nitrogens with zero attached hydrogens (tertiary/aromatic N) is 2. The first kappa shape index (κ1) is 22.2. The Hall–Kier alpha value is -3.04. The highest BCUT2D eigenvalue weighted by molar-refractivity contribution is 7.19. The van der Waals surface area contributed by atoms with Crippen LogP contribution in [0.2, 0.25) is 0 Å². The number of imidazole rings is 2. The van der Waals surface area contributed by atoms with Gasteiger partial charge in [-0.15, -0.1) is 22.7 Å². The predicted octanol–water partition coefficient (Wildman–Crippen LogP) is 6.77. The molecule has 5 aromatic rings. The summed E-state index contributed by atoms with van der Waals surface area (Å²) >= 11 is 3.61. The molecule has 0 spiro atoms. The van der Waals surface area contributed by atoms with Gasteiger partial charge in [-0.05, 0) is 74.2 Å². The molecule has 8 heteroatoms. The molecule has 0 radical (unpaired) electrons. The van der Waals surface area contributed by atoms with E-state index in [2.05, 4.69) is 79.1 Å². The first-order valence-corrected chi connectivity index (χ1v) is 14.3. The van der Waals surface area contributed by atoms with Crippen molar-refractivity contribution in [1.82, 2.24) is 30.6 Å². The third-order valence-corrected chi connectivity index (χ3v) is 9.50. The van der Waals surface area contributed by atoms with E-state index in [1.807, 2.05) is 12.4 Å². The molecular formula is C28H28N6S2. The van der Waals surface area contributed by atoms with Crippen LogP contribution >= 0.6 is 22.7 Å². The molecule has 2 aliphatic rings. The zero-order chi connectivity index (χ0) is 23.9. The van der Waals surface area contributed by atoms with E-state index < -0.39 is 0 Å². The van der Waals surface area contributed by atoms with Crippen LogP contribution in [-0.4, -0.2) is 33.0 Å². The predicted molar refractivity (Wildman–Crippen MR) is 148 cm³/mol. The van der Waals surface area contributed by atoms with Gasteiger partial charge in [-0.25, -0.2) is 9.97 Å². The van der Waals surface area contributed by atoms with Crippen molar-refractivity contribution in [2.75, 3.05) is 13.1 Å². The molecule has 6 nitrogen and oxygen atoms in total. The molecule has 2 unspecified atom stereocenters. The van der Waals surface area contributed by atoms with Crippen molar-refractivity contribution < 1.29 is 0 Å². The molecular weight excluding hydrogens is 484 g/mol. The van der Waals surface area contributed by atoms with Crippen LogP contribution in [0.4, 0.5) is 0 Å². The number of nitrogens with one attached hydrogen (secondary N) is 4. The molecule has 4 aromatic heterocycles. The number of hydrogen-bond donors (Lipinski definition) is 4. The molecule has 0 aliphatic carbocycles. The second-order valence-corrected chi connectivity index (χ2v) is 11.7. The minimum absolute atomic E-state index is 0.364. The van der Waals surface area contributed by atoms with E-state index in [4.69, 9.17) is 0 Å². The Kier molecular flexibility index (Phi) is 5.82. The van der Waals surface area contributed by atoms with Crippen molar-refractivity contribution in [2.24, 2.45) is 0 Å². The Labute approximate surface area is 218 Å². The maximum absolute atomic E-state index is 4.63. The molecule has 2 aliphatic heterocycles. The van der Waals surface area contributed by atoms with E-state index in [0.29, 0.717) is 12.1 Å². The van der Waals surface area contributed by atoms with Gasteiger partial charge in [0.25, 0.3) is 0 Å². The van der Waals surface area contributed by atoms with Gasteiger partial charge in [0.1, 0.15) is 11.6 Å². The maximum Gasteiger partial charge on any atom is 0.123 e. The Morgan fingerprint density at radius 1 is 0.583 bits per heavy atom. The molecule has 36 heavy (non-hydrogen) atoms. The Morgan fingerprint density at radius 2 is 1.03 bits per heavy atom. The normalized spacial score (nSPS) is 19.9. The van der Waals surface area contributed by atoms with Crippen LogP contribution in [0.3, 0.4) is 0 Å². The van der Waals surface area contributed by atoms with E-state index >= 15 is 0 Å². The van der Waals surface area contributed by atoms with Crippen molar-refractivity contribution in [1.29, 1.82) is 0 Å². The van der Waals surface area contributed by atoms with Crippen molar-refractivity contribution in [2.45, 2.75) is 37.8 Å². The number of hydrogen-bond acceptors (Lipinski definition) is 6. The summed E-state index contributed by atoms with van der Waals surface area (Å²) in [7, 11) is 0. The van der Waals surface area contributed by atoms with E-state index in [1.54, 1.807) is 22.7 Å². The number of benzene rings is 1. The highest BCUT2D eigenvalue weighted by Gasteiger charge is 2.21. The van der Waals surface area contributed by atoms with Gasteiger partial charge in [-0.3, -0.25) is 0 Å². The smallest absolute Gasteiger partial charge is 0.123 e. The van der Waals surface area contributed by atoms with Crippen LogP contribution in [0.25, 0.3) is 42.0 Å². The van der Waals surface area contributed by atoms with E-state index in [0.717, 1.165) is 49.0 Å². The lowest BCUT2D eigenvalue weighted by Gasteiger charge is -2.05. The summed E-state index contributed by atoms with van der Waals surface area (Å²) in [4.78, 5) is 21.3. The molecule has 1 aromatic carbocycles. The minimum atomic E-state index is 0.364. The number of aromatic amines is 2. The van der Waals surface area contributed by atoms with Crippen LogP contribution < -0.4 is 10.6 Å². The molecule has 2 fully saturated rings. The lowest BCUT2D eigenvalue weighted by atomic mass is 10.1. The summed E-state index contributed by atoms with van der Waals surface area (Å²) in [6, 6.07) is 18.4. The summed E-state index contributed by atoms with van der Waals surface area (Å²) in [5, 5.41) is 7.03. The topological polar surface area (TPSA) is 81.4 Å². The molecule has 7 rings (SSSR count). The van der Waals surface area contributed by atoms with Gasteiger partial charge in [0.2, 0.25) is 0 Å². The van der Waals surface area contributed by atoms with E-state index in [9.17, 15) is 0 Å². The van der Waals surface area contributed by atoms with Gasteiger partial charge in [-0.1, -0.05) is 24.3 Å². The zero-order valence-electron chi connectivity index (χ0n) is 19.9.